The molecule has 0 aliphatic carbocycles. The number of carbonyl (C=O) groups excluding carboxylic acids is 2. The van der Waals surface area contributed by atoms with E-state index in [4.69, 9.17) is 0 Å². The van der Waals surface area contributed by atoms with Crippen molar-refractivity contribution in [3.05, 3.63) is 72.3 Å². The van der Waals surface area contributed by atoms with Crippen LogP contribution in [0.3, 0.4) is 0 Å². The number of carbonyl (C=O) groups is 2. The molecule has 0 fully saturated rings. The van der Waals surface area contributed by atoms with Crippen LogP contribution in [0.25, 0.3) is 18.2 Å². The van der Waals surface area contributed by atoms with Gasteiger partial charge in [0.1, 0.15) is 0 Å². The highest BCUT2D eigenvalue weighted by Gasteiger charge is 2.23. The second kappa shape index (κ2) is 10.4. The molecule has 2 aromatic rings. The van der Waals surface area contributed by atoms with Gasteiger partial charge in [0, 0.05) is 38.9 Å². The number of nitrogens with one attached hydrogen (secondary N) is 3. The number of H-pyrrole nitrogens is 2. The van der Waals surface area contributed by atoms with Gasteiger partial charge in [-0.15, -0.1) is 0 Å². The van der Waals surface area contributed by atoms with Gasteiger partial charge < -0.3 is 15.3 Å². The Labute approximate surface area is 219 Å². The zero-order chi connectivity index (χ0) is 27.0. The normalized spacial score (nSPS) is 18.3. The first-order valence-electron chi connectivity index (χ1n) is 13.3. The maximum atomic E-state index is 12.2. The van der Waals surface area contributed by atoms with Crippen molar-refractivity contribution in [2.75, 3.05) is 0 Å². The number of hydrogen-bond acceptors (Lipinski definition) is 2. The van der Waals surface area contributed by atoms with E-state index in [1.54, 1.807) is 0 Å². The molecule has 2 amide bonds. The summed E-state index contributed by atoms with van der Waals surface area (Å²) in [5, 5.41) is 5.07. The second-order valence-electron chi connectivity index (χ2n) is 9.84. The standard InChI is InChI=1S/C31H38N4O2/c1-9-20-16(5)24(13-28-22(11-3)18(7)30(36)34-28)32-26(20)15-27-21(10-2)17(6)25(33-27)14-29-23(12-4)19(8)31(37)35-29/h13-15,32-33H,9-12H2,1-8H3,(H,34,36)/b25-14+,27-15+,28-13+. The summed E-state index contributed by atoms with van der Waals surface area (Å²) < 4.78 is 0. The molecule has 0 saturated heterocycles. The fourth-order valence-corrected chi connectivity index (χ4v) is 5.59. The lowest BCUT2D eigenvalue weighted by Crippen LogP contribution is -2.15. The lowest BCUT2D eigenvalue weighted by Gasteiger charge is -2.03. The summed E-state index contributed by atoms with van der Waals surface area (Å²) in [7, 11) is 0. The van der Waals surface area contributed by atoms with E-state index in [1.165, 1.54) is 22.3 Å². The Kier molecular flexibility index (Phi) is 7.39. The molecular weight excluding hydrogens is 460 g/mol. The summed E-state index contributed by atoms with van der Waals surface area (Å²) in [6.07, 6.45) is 9.63. The summed E-state index contributed by atoms with van der Waals surface area (Å²) in [6, 6.07) is 0. The zero-order valence-corrected chi connectivity index (χ0v) is 23.3. The average molecular weight is 499 g/mol. The van der Waals surface area contributed by atoms with Crippen molar-refractivity contribution in [2.24, 2.45) is 4.99 Å². The summed E-state index contributed by atoms with van der Waals surface area (Å²) in [4.78, 5) is 35.9. The van der Waals surface area contributed by atoms with Crippen molar-refractivity contribution in [3.8, 4) is 0 Å². The van der Waals surface area contributed by atoms with Crippen molar-refractivity contribution in [2.45, 2.75) is 81.1 Å². The van der Waals surface area contributed by atoms with Crippen molar-refractivity contribution in [3.63, 3.8) is 0 Å². The Balaban J connectivity index is 1.84. The number of rotatable bonds is 7. The predicted molar refractivity (Wildman–Crippen MR) is 152 cm³/mol. The Hall–Kier alpha value is -3.67. The molecule has 0 bridgehead atoms. The first-order valence-corrected chi connectivity index (χ1v) is 13.3. The van der Waals surface area contributed by atoms with Crippen molar-refractivity contribution >= 4 is 35.8 Å². The molecule has 194 valence electrons. The fourth-order valence-electron chi connectivity index (χ4n) is 5.59. The maximum Gasteiger partial charge on any atom is 0.273 e. The van der Waals surface area contributed by atoms with Gasteiger partial charge in [-0.1, -0.05) is 27.7 Å². The predicted octanol–water partition coefficient (Wildman–Crippen LogP) is 4.60. The highest BCUT2D eigenvalue weighted by Crippen LogP contribution is 2.28. The molecule has 2 aliphatic rings. The molecule has 4 rings (SSSR count). The van der Waals surface area contributed by atoms with E-state index < -0.39 is 0 Å². The number of allylic oxidation sites excluding steroid dienone is 2. The lowest BCUT2D eigenvalue weighted by atomic mass is 10.0. The lowest BCUT2D eigenvalue weighted by molar-refractivity contribution is -0.116. The molecule has 6 nitrogen and oxygen atoms in total. The van der Waals surface area contributed by atoms with E-state index in [9.17, 15) is 9.59 Å². The number of hydrogen-bond donors (Lipinski definition) is 3. The third-order valence-electron chi connectivity index (χ3n) is 7.85. The topological polar surface area (TPSA) is 90.1 Å². The van der Waals surface area contributed by atoms with Crippen LogP contribution in [0.5, 0.6) is 0 Å². The minimum absolute atomic E-state index is 0.0159. The monoisotopic (exact) mass is 498 g/mol. The van der Waals surface area contributed by atoms with Crippen molar-refractivity contribution in [1.29, 1.82) is 0 Å². The summed E-state index contributed by atoms with van der Waals surface area (Å²) in [6.45, 7) is 16.5. The Morgan fingerprint density at radius 3 is 1.97 bits per heavy atom. The zero-order valence-electron chi connectivity index (χ0n) is 23.3. The third kappa shape index (κ3) is 4.61. The molecule has 4 heterocycles. The van der Waals surface area contributed by atoms with Gasteiger partial charge in [-0.2, -0.15) is 0 Å². The number of aliphatic imine (C=N–C) groups is 1. The van der Waals surface area contributed by atoms with Crippen LogP contribution in [-0.4, -0.2) is 27.5 Å². The van der Waals surface area contributed by atoms with Gasteiger partial charge >= 0.3 is 0 Å². The highest BCUT2D eigenvalue weighted by molar-refractivity contribution is 6.30. The van der Waals surface area contributed by atoms with Crippen LogP contribution in [0.1, 0.15) is 88.0 Å². The Morgan fingerprint density at radius 2 is 1.35 bits per heavy atom. The average Bonchev–Trinajstić information content (AvgIpc) is 3.51. The first kappa shape index (κ1) is 26.4. The molecule has 0 unspecified atom stereocenters. The van der Waals surface area contributed by atoms with Crippen LogP contribution < -0.4 is 16.0 Å². The molecule has 37 heavy (non-hydrogen) atoms. The van der Waals surface area contributed by atoms with E-state index in [-0.39, 0.29) is 11.8 Å². The van der Waals surface area contributed by atoms with Crippen LogP contribution in [0.15, 0.2) is 33.0 Å². The number of aromatic amines is 2. The molecule has 2 aliphatic heterocycles. The van der Waals surface area contributed by atoms with E-state index in [1.807, 2.05) is 19.9 Å². The molecular formula is C31H38N4O2. The van der Waals surface area contributed by atoms with Gasteiger partial charge in [0.05, 0.1) is 5.71 Å². The van der Waals surface area contributed by atoms with E-state index in [0.717, 1.165) is 81.5 Å². The smallest absolute Gasteiger partial charge is 0.273 e. The Bertz CT molecular complexity index is 1550. The summed E-state index contributed by atoms with van der Waals surface area (Å²) in [5.74, 6) is -0.154. The molecule has 3 N–H and O–H groups in total. The number of nitrogens with zero attached hydrogens (tertiary/aromatic N) is 1. The van der Waals surface area contributed by atoms with Crippen LogP contribution in [0.4, 0.5) is 0 Å². The van der Waals surface area contributed by atoms with Gasteiger partial charge in [-0.25, -0.2) is 4.99 Å². The van der Waals surface area contributed by atoms with Crippen LogP contribution in [-0.2, 0) is 22.4 Å². The van der Waals surface area contributed by atoms with Gasteiger partial charge in [0.25, 0.3) is 11.8 Å². The SMILES string of the molecule is CCC1=C(C)C(=O)N=C1/C=c1/[nH]/c(=C/c2[nH]c(/C=C3/NC(=O)C(C)=C3CC)c(C)c2CC)c(CC)c1C. The van der Waals surface area contributed by atoms with Gasteiger partial charge in [0.2, 0.25) is 0 Å². The minimum Gasteiger partial charge on any atom is -0.355 e. The molecule has 0 saturated carbocycles. The van der Waals surface area contributed by atoms with Crippen molar-refractivity contribution in [1.82, 2.24) is 15.3 Å². The van der Waals surface area contributed by atoms with E-state index in [2.05, 4.69) is 74.0 Å². The number of amides is 2. The molecule has 0 spiro atoms. The minimum atomic E-state index is -0.138. The molecule has 0 aromatic carbocycles. The number of aromatic nitrogens is 2. The van der Waals surface area contributed by atoms with Crippen LogP contribution in [0.2, 0.25) is 0 Å². The van der Waals surface area contributed by atoms with Crippen molar-refractivity contribution < 1.29 is 9.59 Å². The van der Waals surface area contributed by atoms with Gasteiger partial charge in [-0.3, -0.25) is 9.59 Å². The van der Waals surface area contributed by atoms with E-state index >= 15 is 0 Å². The first-order chi connectivity index (χ1) is 17.6. The van der Waals surface area contributed by atoms with E-state index in [0.29, 0.717) is 0 Å². The largest absolute Gasteiger partial charge is 0.355 e. The van der Waals surface area contributed by atoms with Gasteiger partial charge in [-0.05, 0) is 105 Å². The highest BCUT2D eigenvalue weighted by atomic mass is 16.2. The maximum absolute atomic E-state index is 12.2. The fraction of sp³-hybridized carbons (Fsp3) is 0.387. The summed E-state index contributed by atoms with van der Waals surface area (Å²) in [5.41, 5.74) is 12.2. The molecule has 0 atom stereocenters. The molecule has 2 aromatic heterocycles. The quantitative estimate of drug-likeness (QED) is 0.521. The van der Waals surface area contributed by atoms with Crippen LogP contribution in [0, 0.1) is 13.8 Å². The molecule has 6 heteroatoms. The third-order valence-corrected chi connectivity index (χ3v) is 7.85. The molecule has 0 radical (unpaired) electrons. The second-order valence-corrected chi connectivity index (χ2v) is 9.84. The van der Waals surface area contributed by atoms with Gasteiger partial charge in [0.15, 0.2) is 0 Å². The Morgan fingerprint density at radius 1 is 0.676 bits per heavy atom. The summed E-state index contributed by atoms with van der Waals surface area (Å²) >= 11 is 0. The van der Waals surface area contributed by atoms with Crippen LogP contribution >= 0.6 is 0 Å².